The summed E-state index contributed by atoms with van der Waals surface area (Å²) in [5.74, 6) is 0.951. The van der Waals surface area contributed by atoms with Crippen molar-refractivity contribution in [1.29, 1.82) is 0 Å². The number of aromatic nitrogens is 3. The first-order valence-electron chi connectivity index (χ1n) is 7.53. The Morgan fingerprint density at radius 3 is 2.52 bits per heavy atom. The standard InChI is InChI=1S/C16H17F3N4/c1-10(22-8-11-3-4-11)13-9-23-14(16(17,18)19)7-12(13)15-20-5-2-6-21-15/h2,5-7,9-11,22H,3-4,8H2,1H3. The summed E-state index contributed by atoms with van der Waals surface area (Å²) in [4.78, 5) is 11.8. The number of alkyl halides is 3. The molecule has 0 aromatic carbocycles. The van der Waals surface area contributed by atoms with Crippen LogP contribution in [-0.4, -0.2) is 21.5 Å². The van der Waals surface area contributed by atoms with Gasteiger partial charge in [-0.15, -0.1) is 0 Å². The van der Waals surface area contributed by atoms with Crippen LogP contribution in [0.3, 0.4) is 0 Å². The van der Waals surface area contributed by atoms with Crippen LogP contribution in [0.2, 0.25) is 0 Å². The molecule has 1 aliphatic rings. The number of nitrogens with one attached hydrogen (secondary N) is 1. The quantitative estimate of drug-likeness (QED) is 0.913. The first-order chi connectivity index (χ1) is 10.9. The molecule has 7 heteroatoms. The van der Waals surface area contributed by atoms with Crippen molar-refractivity contribution in [1.82, 2.24) is 20.3 Å². The van der Waals surface area contributed by atoms with Crippen LogP contribution < -0.4 is 5.32 Å². The van der Waals surface area contributed by atoms with Crippen molar-refractivity contribution in [2.45, 2.75) is 32.0 Å². The molecule has 1 aliphatic carbocycles. The predicted octanol–water partition coefficient (Wildman–Crippen LogP) is 3.62. The van der Waals surface area contributed by atoms with E-state index in [1.165, 1.54) is 31.4 Å². The first-order valence-corrected chi connectivity index (χ1v) is 7.53. The van der Waals surface area contributed by atoms with Crippen molar-refractivity contribution in [3.05, 3.63) is 42.0 Å². The number of halogens is 3. The third kappa shape index (κ3) is 3.85. The topological polar surface area (TPSA) is 50.7 Å². The van der Waals surface area contributed by atoms with E-state index >= 15 is 0 Å². The van der Waals surface area contributed by atoms with Gasteiger partial charge in [-0.3, -0.25) is 4.98 Å². The summed E-state index contributed by atoms with van der Waals surface area (Å²) in [6.45, 7) is 2.77. The summed E-state index contributed by atoms with van der Waals surface area (Å²) >= 11 is 0. The van der Waals surface area contributed by atoms with Crippen LogP contribution in [0.25, 0.3) is 11.4 Å². The molecule has 1 atom stereocenters. The summed E-state index contributed by atoms with van der Waals surface area (Å²) in [5.41, 5.74) is 0.103. The van der Waals surface area contributed by atoms with Gasteiger partial charge in [0.1, 0.15) is 5.69 Å². The van der Waals surface area contributed by atoms with Crippen molar-refractivity contribution in [2.75, 3.05) is 6.54 Å². The Morgan fingerprint density at radius 1 is 1.22 bits per heavy atom. The molecule has 1 N–H and O–H groups in total. The molecule has 0 radical (unpaired) electrons. The van der Waals surface area contributed by atoms with Crippen LogP contribution in [0.5, 0.6) is 0 Å². The minimum atomic E-state index is -4.49. The van der Waals surface area contributed by atoms with Crippen LogP contribution in [0.1, 0.15) is 37.1 Å². The Labute approximate surface area is 132 Å². The zero-order valence-electron chi connectivity index (χ0n) is 12.6. The summed E-state index contributed by atoms with van der Waals surface area (Å²) < 4.78 is 38.9. The Hall–Kier alpha value is -2.02. The van der Waals surface area contributed by atoms with Gasteiger partial charge in [0.2, 0.25) is 0 Å². The van der Waals surface area contributed by atoms with Crippen molar-refractivity contribution < 1.29 is 13.2 Å². The molecular formula is C16H17F3N4. The summed E-state index contributed by atoms with van der Waals surface area (Å²) in [6.07, 6.45) is 2.23. The van der Waals surface area contributed by atoms with Crippen molar-refractivity contribution in [2.24, 2.45) is 5.92 Å². The van der Waals surface area contributed by atoms with Crippen LogP contribution in [0, 0.1) is 5.92 Å². The third-order valence-corrected chi connectivity index (χ3v) is 3.91. The predicted molar refractivity (Wildman–Crippen MR) is 79.4 cm³/mol. The van der Waals surface area contributed by atoms with E-state index < -0.39 is 11.9 Å². The number of hydrogen-bond donors (Lipinski definition) is 1. The lowest BCUT2D eigenvalue weighted by atomic mass is 10.0. The van der Waals surface area contributed by atoms with Crippen LogP contribution in [0.4, 0.5) is 13.2 Å². The Bertz CT molecular complexity index is 669. The van der Waals surface area contributed by atoms with Gasteiger partial charge in [0.25, 0.3) is 0 Å². The normalized spacial score (nSPS) is 16.3. The number of rotatable bonds is 5. The highest BCUT2D eigenvalue weighted by atomic mass is 19.4. The van der Waals surface area contributed by atoms with Crippen molar-refractivity contribution >= 4 is 0 Å². The number of hydrogen-bond acceptors (Lipinski definition) is 4. The average Bonchev–Trinajstić information content (AvgIpc) is 3.36. The minimum absolute atomic E-state index is 0.121. The fourth-order valence-electron chi connectivity index (χ4n) is 2.37. The van der Waals surface area contributed by atoms with E-state index in [-0.39, 0.29) is 11.9 Å². The highest BCUT2D eigenvalue weighted by molar-refractivity contribution is 5.61. The highest BCUT2D eigenvalue weighted by Gasteiger charge is 2.34. The van der Waals surface area contributed by atoms with Crippen molar-refractivity contribution in [3.8, 4) is 11.4 Å². The summed E-state index contributed by atoms with van der Waals surface area (Å²) in [5, 5.41) is 3.35. The lowest BCUT2D eigenvalue weighted by molar-refractivity contribution is -0.141. The molecule has 0 saturated heterocycles. The molecule has 4 nitrogen and oxygen atoms in total. The van der Waals surface area contributed by atoms with E-state index in [0.717, 1.165) is 12.6 Å². The van der Waals surface area contributed by atoms with E-state index in [2.05, 4.69) is 20.3 Å². The summed E-state index contributed by atoms with van der Waals surface area (Å²) in [7, 11) is 0. The molecule has 3 rings (SSSR count). The first kappa shape index (κ1) is 15.9. The second-order valence-corrected chi connectivity index (χ2v) is 5.80. The molecule has 1 fully saturated rings. The maximum Gasteiger partial charge on any atom is 0.433 e. The lowest BCUT2D eigenvalue weighted by Gasteiger charge is -2.18. The molecule has 2 aromatic rings. The fourth-order valence-corrected chi connectivity index (χ4v) is 2.37. The third-order valence-electron chi connectivity index (χ3n) is 3.91. The van der Waals surface area contributed by atoms with Gasteiger partial charge in [-0.05, 0) is 49.9 Å². The molecule has 0 amide bonds. The van der Waals surface area contributed by atoms with E-state index in [1.807, 2.05) is 6.92 Å². The molecule has 0 spiro atoms. The van der Waals surface area contributed by atoms with E-state index in [4.69, 9.17) is 0 Å². The maximum absolute atomic E-state index is 13.0. The van der Waals surface area contributed by atoms with E-state index in [1.54, 1.807) is 6.07 Å². The Balaban J connectivity index is 1.96. The van der Waals surface area contributed by atoms with Gasteiger partial charge in [0.05, 0.1) is 0 Å². The molecule has 23 heavy (non-hydrogen) atoms. The molecule has 2 aromatic heterocycles. The van der Waals surface area contributed by atoms with Gasteiger partial charge in [0.15, 0.2) is 5.82 Å². The van der Waals surface area contributed by atoms with E-state index in [0.29, 0.717) is 17.0 Å². The van der Waals surface area contributed by atoms with Gasteiger partial charge in [0, 0.05) is 30.2 Å². The zero-order chi connectivity index (χ0) is 16.4. The van der Waals surface area contributed by atoms with Crippen LogP contribution in [0.15, 0.2) is 30.7 Å². The number of pyridine rings is 1. The lowest BCUT2D eigenvalue weighted by Crippen LogP contribution is -2.22. The van der Waals surface area contributed by atoms with E-state index in [9.17, 15) is 13.2 Å². The van der Waals surface area contributed by atoms with Gasteiger partial charge >= 0.3 is 6.18 Å². The highest BCUT2D eigenvalue weighted by Crippen LogP contribution is 2.34. The molecule has 0 aliphatic heterocycles. The van der Waals surface area contributed by atoms with Gasteiger partial charge in [-0.25, -0.2) is 9.97 Å². The SMILES string of the molecule is CC(NCC1CC1)c1cnc(C(F)(F)F)cc1-c1ncccn1. The van der Waals surface area contributed by atoms with Gasteiger partial charge in [-0.1, -0.05) is 0 Å². The van der Waals surface area contributed by atoms with Crippen LogP contribution in [-0.2, 0) is 6.18 Å². The fraction of sp³-hybridized carbons (Fsp3) is 0.438. The molecule has 0 bridgehead atoms. The second-order valence-electron chi connectivity index (χ2n) is 5.80. The zero-order valence-corrected chi connectivity index (χ0v) is 12.6. The largest absolute Gasteiger partial charge is 0.433 e. The molecular weight excluding hydrogens is 305 g/mol. The summed E-state index contributed by atoms with van der Waals surface area (Å²) in [6, 6.07) is 2.54. The molecule has 122 valence electrons. The Morgan fingerprint density at radius 2 is 1.91 bits per heavy atom. The monoisotopic (exact) mass is 322 g/mol. The smallest absolute Gasteiger partial charge is 0.310 e. The Kier molecular flexibility index (Phi) is 4.30. The maximum atomic E-state index is 13.0. The molecule has 1 saturated carbocycles. The van der Waals surface area contributed by atoms with Gasteiger partial charge < -0.3 is 5.32 Å². The molecule has 2 heterocycles. The minimum Gasteiger partial charge on any atom is -0.310 e. The average molecular weight is 322 g/mol. The second kappa shape index (κ2) is 6.23. The van der Waals surface area contributed by atoms with Gasteiger partial charge in [-0.2, -0.15) is 13.2 Å². The molecule has 1 unspecified atom stereocenters. The van der Waals surface area contributed by atoms with Crippen molar-refractivity contribution in [3.63, 3.8) is 0 Å². The van der Waals surface area contributed by atoms with Crippen LogP contribution >= 0.6 is 0 Å². The number of nitrogens with zero attached hydrogens (tertiary/aromatic N) is 3.